The van der Waals surface area contributed by atoms with Crippen molar-refractivity contribution in [3.05, 3.63) is 0 Å². The van der Waals surface area contributed by atoms with E-state index >= 15 is 0 Å². The predicted molar refractivity (Wildman–Crippen MR) is 64.0 cm³/mol. The highest BCUT2D eigenvalue weighted by Crippen LogP contribution is 2.25. The van der Waals surface area contributed by atoms with Crippen LogP contribution < -0.4 is 5.73 Å². The van der Waals surface area contributed by atoms with Crippen LogP contribution in [0.2, 0.25) is 0 Å². The van der Waals surface area contributed by atoms with Crippen molar-refractivity contribution in [2.75, 3.05) is 26.7 Å². The third-order valence-corrected chi connectivity index (χ3v) is 3.41. The standard InChI is InChI=1S/C12H24N2O2/c1-9(13)10-5-6-14(7-10)8-12(2,3)11(15)16-4/h9-10H,5-8,13H2,1-4H3. The lowest BCUT2D eigenvalue weighted by Crippen LogP contribution is -2.39. The molecule has 4 nitrogen and oxygen atoms in total. The minimum Gasteiger partial charge on any atom is -0.469 e. The van der Waals surface area contributed by atoms with Crippen LogP contribution in [0, 0.1) is 11.3 Å². The van der Waals surface area contributed by atoms with Gasteiger partial charge in [-0.25, -0.2) is 0 Å². The number of methoxy groups -OCH3 is 1. The van der Waals surface area contributed by atoms with Crippen molar-refractivity contribution in [1.29, 1.82) is 0 Å². The van der Waals surface area contributed by atoms with E-state index in [0.29, 0.717) is 5.92 Å². The summed E-state index contributed by atoms with van der Waals surface area (Å²) in [7, 11) is 1.44. The van der Waals surface area contributed by atoms with Gasteiger partial charge < -0.3 is 15.4 Å². The van der Waals surface area contributed by atoms with E-state index in [9.17, 15) is 4.79 Å². The van der Waals surface area contributed by atoms with Crippen LogP contribution in [0.3, 0.4) is 0 Å². The second-order valence-electron chi connectivity index (χ2n) is 5.52. The molecule has 2 atom stereocenters. The zero-order chi connectivity index (χ0) is 12.3. The summed E-state index contributed by atoms with van der Waals surface area (Å²) in [4.78, 5) is 13.9. The highest BCUT2D eigenvalue weighted by Gasteiger charge is 2.34. The normalized spacial score (nSPS) is 24.4. The molecular formula is C12H24N2O2. The summed E-state index contributed by atoms with van der Waals surface area (Å²) < 4.78 is 4.81. The molecule has 0 aromatic rings. The molecule has 1 aliphatic rings. The average Bonchev–Trinajstić information content (AvgIpc) is 2.64. The van der Waals surface area contributed by atoms with Gasteiger partial charge in [0, 0.05) is 19.1 Å². The lowest BCUT2D eigenvalue weighted by Gasteiger charge is -2.27. The fraction of sp³-hybridized carbons (Fsp3) is 0.917. The van der Waals surface area contributed by atoms with Crippen LogP contribution in [0.15, 0.2) is 0 Å². The molecule has 2 N–H and O–H groups in total. The van der Waals surface area contributed by atoms with Gasteiger partial charge in [-0.2, -0.15) is 0 Å². The molecule has 0 amide bonds. The van der Waals surface area contributed by atoms with Crippen molar-refractivity contribution in [1.82, 2.24) is 4.90 Å². The smallest absolute Gasteiger partial charge is 0.312 e. The van der Waals surface area contributed by atoms with Crippen LogP contribution in [-0.2, 0) is 9.53 Å². The largest absolute Gasteiger partial charge is 0.469 e. The molecule has 0 aliphatic carbocycles. The zero-order valence-electron chi connectivity index (χ0n) is 10.8. The predicted octanol–water partition coefficient (Wildman–Crippen LogP) is 0.855. The van der Waals surface area contributed by atoms with Crippen LogP contribution in [0.1, 0.15) is 27.2 Å². The first-order valence-corrected chi connectivity index (χ1v) is 5.93. The topological polar surface area (TPSA) is 55.6 Å². The maximum atomic E-state index is 11.6. The Kier molecular flexibility index (Phi) is 4.33. The summed E-state index contributed by atoms with van der Waals surface area (Å²) in [5.74, 6) is 0.421. The number of carbonyl (C=O) groups is 1. The number of nitrogens with two attached hydrogens (primary N) is 1. The molecular weight excluding hydrogens is 204 g/mol. The lowest BCUT2D eigenvalue weighted by atomic mass is 9.93. The molecule has 1 fully saturated rings. The van der Waals surface area contributed by atoms with E-state index in [-0.39, 0.29) is 12.0 Å². The van der Waals surface area contributed by atoms with E-state index in [4.69, 9.17) is 10.5 Å². The van der Waals surface area contributed by atoms with Crippen LogP contribution in [0.25, 0.3) is 0 Å². The number of hydrogen-bond acceptors (Lipinski definition) is 4. The Morgan fingerprint density at radius 2 is 2.25 bits per heavy atom. The first-order chi connectivity index (χ1) is 7.36. The van der Waals surface area contributed by atoms with Crippen molar-refractivity contribution in [3.8, 4) is 0 Å². The van der Waals surface area contributed by atoms with Crippen molar-refractivity contribution in [3.63, 3.8) is 0 Å². The maximum absolute atomic E-state index is 11.6. The van der Waals surface area contributed by atoms with Crippen molar-refractivity contribution >= 4 is 5.97 Å². The molecule has 0 spiro atoms. The molecule has 1 heterocycles. The fourth-order valence-corrected chi connectivity index (χ4v) is 2.34. The molecule has 0 aromatic carbocycles. The summed E-state index contributed by atoms with van der Waals surface area (Å²) in [5.41, 5.74) is 5.46. The molecule has 94 valence electrons. The second kappa shape index (κ2) is 5.15. The maximum Gasteiger partial charge on any atom is 0.312 e. The van der Waals surface area contributed by atoms with Gasteiger partial charge in [0.2, 0.25) is 0 Å². The van der Waals surface area contributed by atoms with Gasteiger partial charge >= 0.3 is 5.97 Å². The molecule has 1 rings (SSSR count). The van der Waals surface area contributed by atoms with Crippen LogP contribution in [-0.4, -0.2) is 43.7 Å². The second-order valence-corrected chi connectivity index (χ2v) is 5.52. The first kappa shape index (κ1) is 13.5. The Morgan fingerprint density at radius 1 is 1.62 bits per heavy atom. The summed E-state index contributed by atoms with van der Waals surface area (Å²) in [5, 5.41) is 0. The summed E-state index contributed by atoms with van der Waals surface area (Å²) in [6, 6.07) is 0.242. The summed E-state index contributed by atoms with van der Waals surface area (Å²) in [6.07, 6.45) is 1.13. The van der Waals surface area contributed by atoms with Crippen molar-refractivity contribution in [2.45, 2.75) is 33.2 Å². The molecule has 4 heteroatoms. The number of esters is 1. The Labute approximate surface area is 98.1 Å². The highest BCUT2D eigenvalue weighted by molar-refractivity contribution is 5.76. The molecule has 16 heavy (non-hydrogen) atoms. The number of rotatable bonds is 4. The van der Waals surface area contributed by atoms with E-state index in [2.05, 4.69) is 11.8 Å². The van der Waals surface area contributed by atoms with Gasteiger partial charge in [-0.15, -0.1) is 0 Å². The fourth-order valence-electron chi connectivity index (χ4n) is 2.34. The summed E-state index contributed by atoms with van der Waals surface area (Å²) in [6.45, 7) is 8.70. The molecule has 0 bridgehead atoms. The quantitative estimate of drug-likeness (QED) is 0.725. The van der Waals surface area contributed by atoms with Gasteiger partial charge in [-0.1, -0.05) is 0 Å². The highest BCUT2D eigenvalue weighted by atomic mass is 16.5. The SMILES string of the molecule is COC(=O)C(C)(C)CN1CCC(C(C)N)C1. The number of nitrogens with zero attached hydrogens (tertiary/aromatic N) is 1. The molecule has 1 aliphatic heterocycles. The molecule has 0 aromatic heterocycles. The van der Waals surface area contributed by atoms with Gasteiger partial charge in [0.1, 0.15) is 0 Å². The Morgan fingerprint density at radius 3 is 2.69 bits per heavy atom. The third-order valence-electron chi connectivity index (χ3n) is 3.41. The van der Waals surface area contributed by atoms with E-state index in [0.717, 1.165) is 26.1 Å². The molecule has 0 radical (unpaired) electrons. The van der Waals surface area contributed by atoms with Crippen LogP contribution in [0.4, 0.5) is 0 Å². The van der Waals surface area contributed by atoms with Gasteiger partial charge in [0.15, 0.2) is 0 Å². The van der Waals surface area contributed by atoms with Crippen LogP contribution in [0.5, 0.6) is 0 Å². The zero-order valence-corrected chi connectivity index (χ0v) is 10.8. The number of hydrogen-bond donors (Lipinski definition) is 1. The van der Waals surface area contributed by atoms with E-state index < -0.39 is 5.41 Å². The Balaban J connectivity index is 2.47. The van der Waals surface area contributed by atoms with Gasteiger partial charge in [0.05, 0.1) is 12.5 Å². The minimum atomic E-state index is -0.429. The molecule has 2 unspecified atom stereocenters. The summed E-state index contributed by atoms with van der Waals surface area (Å²) >= 11 is 0. The average molecular weight is 228 g/mol. The molecule has 0 saturated carbocycles. The number of likely N-dealkylation sites (tertiary alicyclic amines) is 1. The van der Waals surface area contributed by atoms with E-state index in [1.165, 1.54) is 7.11 Å². The Hall–Kier alpha value is -0.610. The van der Waals surface area contributed by atoms with Gasteiger partial charge in [-0.05, 0) is 39.7 Å². The Bertz CT molecular complexity index is 251. The monoisotopic (exact) mass is 228 g/mol. The van der Waals surface area contributed by atoms with E-state index in [1.54, 1.807) is 0 Å². The van der Waals surface area contributed by atoms with Crippen LogP contribution >= 0.6 is 0 Å². The van der Waals surface area contributed by atoms with Crippen molar-refractivity contribution < 1.29 is 9.53 Å². The van der Waals surface area contributed by atoms with Gasteiger partial charge in [-0.3, -0.25) is 4.79 Å². The first-order valence-electron chi connectivity index (χ1n) is 5.93. The third kappa shape index (κ3) is 3.19. The molecule has 1 saturated heterocycles. The lowest BCUT2D eigenvalue weighted by molar-refractivity contribution is -0.151. The van der Waals surface area contributed by atoms with E-state index in [1.807, 2.05) is 13.8 Å². The van der Waals surface area contributed by atoms with Crippen molar-refractivity contribution in [2.24, 2.45) is 17.1 Å². The van der Waals surface area contributed by atoms with Gasteiger partial charge in [0.25, 0.3) is 0 Å². The number of ether oxygens (including phenoxy) is 1. The minimum absolute atomic E-state index is 0.142. The number of carbonyl (C=O) groups excluding carboxylic acids is 1.